The molecule has 0 radical (unpaired) electrons. The molecule has 120 valence electrons. The van der Waals surface area contributed by atoms with E-state index in [1.165, 1.54) is 12.3 Å². The quantitative estimate of drug-likeness (QED) is 0.781. The number of rotatable bonds is 7. The van der Waals surface area contributed by atoms with Gasteiger partial charge in [-0.05, 0) is 32.3 Å². The zero-order valence-electron chi connectivity index (χ0n) is 13.0. The molecule has 0 aromatic carbocycles. The van der Waals surface area contributed by atoms with Crippen LogP contribution in [0.5, 0.6) is 0 Å². The van der Waals surface area contributed by atoms with Crippen molar-refractivity contribution in [3.63, 3.8) is 0 Å². The zero-order valence-corrected chi connectivity index (χ0v) is 13.8. The van der Waals surface area contributed by atoms with Crippen molar-refractivity contribution in [2.45, 2.75) is 51.5 Å². The van der Waals surface area contributed by atoms with Crippen LogP contribution in [0.25, 0.3) is 0 Å². The molecule has 0 aliphatic heterocycles. The maximum Gasteiger partial charge on any atom is 0.355 e. The number of carbonyl (C=O) groups excluding carboxylic acids is 1. The fraction of sp³-hybridized carbons (Fsp3) is 0.643. The Morgan fingerprint density at radius 3 is 2.48 bits per heavy atom. The lowest BCUT2D eigenvalue weighted by atomic mass is 10.1. The molecule has 1 heterocycles. The van der Waals surface area contributed by atoms with Crippen LogP contribution in [0.1, 0.15) is 57.1 Å². The van der Waals surface area contributed by atoms with E-state index in [0.29, 0.717) is 6.61 Å². The largest absolute Gasteiger partial charge is 0.461 e. The highest BCUT2D eigenvalue weighted by Gasteiger charge is 2.21. The van der Waals surface area contributed by atoms with Gasteiger partial charge in [-0.15, -0.1) is 0 Å². The van der Waals surface area contributed by atoms with E-state index in [0.717, 1.165) is 12.8 Å². The second-order valence-electron chi connectivity index (χ2n) is 5.60. The zero-order chi connectivity index (χ0) is 16.2. The van der Waals surface area contributed by atoms with Crippen LogP contribution < -0.4 is 5.14 Å². The predicted molar refractivity (Wildman–Crippen MR) is 80.5 cm³/mol. The van der Waals surface area contributed by atoms with Crippen LogP contribution in [0.2, 0.25) is 0 Å². The topological polar surface area (TPSA) is 91.4 Å². The maximum atomic E-state index is 12.1. The van der Waals surface area contributed by atoms with E-state index in [-0.39, 0.29) is 22.5 Å². The Kier molecular flexibility index (Phi) is 5.98. The van der Waals surface area contributed by atoms with Gasteiger partial charge in [0.15, 0.2) is 0 Å². The fourth-order valence-electron chi connectivity index (χ4n) is 2.07. The minimum absolute atomic E-state index is 0.0730. The van der Waals surface area contributed by atoms with Crippen molar-refractivity contribution < 1.29 is 17.9 Å². The van der Waals surface area contributed by atoms with Gasteiger partial charge in [0, 0.05) is 12.2 Å². The lowest BCUT2D eigenvalue weighted by Gasteiger charge is -2.14. The summed E-state index contributed by atoms with van der Waals surface area (Å²) in [6, 6.07) is 1.19. The van der Waals surface area contributed by atoms with Crippen molar-refractivity contribution >= 4 is 16.0 Å². The van der Waals surface area contributed by atoms with Crippen LogP contribution in [0.4, 0.5) is 0 Å². The highest BCUT2D eigenvalue weighted by Crippen LogP contribution is 2.19. The SMILES string of the molecule is CCCC(C)COC(=O)c1cc(S(N)(=O)=O)cn1C(C)C. The minimum Gasteiger partial charge on any atom is -0.461 e. The summed E-state index contributed by atoms with van der Waals surface area (Å²) in [6.45, 7) is 8.10. The van der Waals surface area contributed by atoms with Crippen LogP contribution >= 0.6 is 0 Å². The fourth-order valence-corrected chi connectivity index (χ4v) is 2.60. The molecule has 0 aliphatic carbocycles. The van der Waals surface area contributed by atoms with Gasteiger partial charge in [-0.25, -0.2) is 18.4 Å². The van der Waals surface area contributed by atoms with Crippen LogP contribution in [0, 0.1) is 5.92 Å². The number of ether oxygens (including phenoxy) is 1. The number of sulfonamides is 1. The average Bonchev–Trinajstić information content (AvgIpc) is 2.81. The molecule has 21 heavy (non-hydrogen) atoms. The molecule has 1 rings (SSSR count). The van der Waals surface area contributed by atoms with Crippen molar-refractivity contribution in [2.24, 2.45) is 11.1 Å². The summed E-state index contributed by atoms with van der Waals surface area (Å²) in [6.07, 6.45) is 3.36. The smallest absolute Gasteiger partial charge is 0.355 e. The molecule has 0 amide bonds. The number of carbonyl (C=O) groups is 1. The van der Waals surface area contributed by atoms with E-state index in [1.807, 2.05) is 20.8 Å². The Balaban J connectivity index is 2.95. The first-order valence-electron chi connectivity index (χ1n) is 7.08. The number of nitrogens with two attached hydrogens (primary N) is 1. The van der Waals surface area contributed by atoms with E-state index in [4.69, 9.17) is 9.88 Å². The van der Waals surface area contributed by atoms with Crippen LogP contribution in [-0.4, -0.2) is 25.6 Å². The van der Waals surface area contributed by atoms with Gasteiger partial charge in [0.25, 0.3) is 0 Å². The molecule has 0 spiro atoms. The van der Waals surface area contributed by atoms with Crippen molar-refractivity contribution in [2.75, 3.05) is 6.61 Å². The summed E-state index contributed by atoms with van der Waals surface area (Å²) in [5, 5.41) is 5.11. The maximum absolute atomic E-state index is 12.1. The third-order valence-electron chi connectivity index (χ3n) is 3.20. The number of hydrogen-bond donors (Lipinski definition) is 1. The first kappa shape index (κ1) is 17.7. The van der Waals surface area contributed by atoms with Crippen LogP contribution in [-0.2, 0) is 14.8 Å². The Labute approximate surface area is 126 Å². The molecule has 1 atom stereocenters. The van der Waals surface area contributed by atoms with Crippen LogP contribution in [0.15, 0.2) is 17.2 Å². The molecule has 0 bridgehead atoms. The Morgan fingerprint density at radius 1 is 1.38 bits per heavy atom. The van der Waals surface area contributed by atoms with Crippen molar-refractivity contribution in [3.8, 4) is 0 Å². The molecular formula is C14H24N2O4S. The molecule has 6 nitrogen and oxygen atoms in total. The second kappa shape index (κ2) is 7.09. The van der Waals surface area contributed by atoms with Gasteiger partial charge in [-0.1, -0.05) is 20.3 Å². The first-order chi connectivity index (χ1) is 9.66. The molecule has 1 aromatic heterocycles. The summed E-state index contributed by atoms with van der Waals surface area (Å²) in [7, 11) is -3.84. The van der Waals surface area contributed by atoms with E-state index < -0.39 is 16.0 Å². The Bertz CT molecular complexity index is 590. The molecule has 1 unspecified atom stereocenters. The van der Waals surface area contributed by atoms with Gasteiger partial charge < -0.3 is 9.30 Å². The Hall–Kier alpha value is -1.34. The van der Waals surface area contributed by atoms with Gasteiger partial charge in [-0.3, -0.25) is 0 Å². The molecule has 0 saturated heterocycles. The van der Waals surface area contributed by atoms with Gasteiger partial charge >= 0.3 is 5.97 Å². The van der Waals surface area contributed by atoms with Gasteiger partial charge in [-0.2, -0.15) is 0 Å². The van der Waals surface area contributed by atoms with Gasteiger partial charge in [0.05, 0.1) is 6.61 Å². The number of primary sulfonamides is 1. The van der Waals surface area contributed by atoms with E-state index in [2.05, 4.69) is 6.92 Å². The molecule has 0 aliphatic rings. The third-order valence-corrected chi connectivity index (χ3v) is 4.08. The first-order valence-corrected chi connectivity index (χ1v) is 8.63. The van der Waals surface area contributed by atoms with Gasteiger partial charge in [0.1, 0.15) is 10.6 Å². The second-order valence-corrected chi connectivity index (χ2v) is 7.16. The van der Waals surface area contributed by atoms with Crippen molar-refractivity contribution in [3.05, 3.63) is 18.0 Å². The normalized spacial score (nSPS) is 13.4. The summed E-state index contributed by atoms with van der Waals surface area (Å²) < 4.78 is 29.6. The lowest BCUT2D eigenvalue weighted by Crippen LogP contribution is -2.16. The molecule has 0 fully saturated rings. The molecule has 1 aromatic rings. The number of esters is 1. The molecule has 7 heteroatoms. The highest BCUT2D eigenvalue weighted by molar-refractivity contribution is 7.89. The van der Waals surface area contributed by atoms with E-state index >= 15 is 0 Å². The third kappa shape index (κ3) is 4.86. The van der Waals surface area contributed by atoms with Crippen molar-refractivity contribution in [1.29, 1.82) is 0 Å². The number of nitrogens with zero attached hydrogens (tertiary/aromatic N) is 1. The minimum atomic E-state index is -3.84. The highest BCUT2D eigenvalue weighted by atomic mass is 32.2. The number of aromatic nitrogens is 1. The van der Waals surface area contributed by atoms with Crippen LogP contribution in [0.3, 0.4) is 0 Å². The van der Waals surface area contributed by atoms with Gasteiger partial charge in [0.2, 0.25) is 10.0 Å². The van der Waals surface area contributed by atoms with Crippen molar-refractivity contribution in [1.82, 2.24) is 4.57 Å². The summed E-state index contributed by atoms with van der Waals surface area (Å²) in [5.41, 5.74) is 0.206. The molecule has 2 N–H and O–H groups in total. The number of hydrogen-bond acceptors (Lipinski definition) is 4. The summed E-state index contributed by atoms with van der Waals surface area (Å²) in [4.78, 5) is 12.1. The standard InChI is InChI=1S/C14H24N2O4S/c1-5-6-11(4)9-20-14(17)13-7-12(21(15,18)19)8-16(13)10(2)3/h7-8,10-11H,5-6,9H2,1-4H3,(H2,15,18,19). The van der Waals surface area contributed by atoms with E-state index in [9.17, 15) is 13.2 Å². The lowest BCUT2D eigenvalue weighted by molar-refractivity contribution is 0.0429. The molecular weight excluding hydrogens is 292 g/mol. The predicted octanol–water partition coefficient (Wildman–Crippen LogP) is 2.31. The monoisotopic (exact) mass is 316 g/mol. The van der Waals surface area contributed by atoms with E-state index in [1.54, 1.807) is 4.57 Å². The summed E-state index contributed by atoms with van der Waals surface area (Å²) in [5.74, 6) is -0.249. The Morgan fingerprint density at radius 2 is 2.00 bits per heavy atom. The molecule has 0 saturated carbocycles. The summed E-state index contributed by atoms with van der Waals surface area (Å²) >= 11 is 0. The average molecular weight is 316 g/mol.